The molecule has 0 aromatic carbocycles. The van der Waals surface area contributed by atoms with E-state index in [1.54, 1.807) is 7.11 Å². The molecule has 0 saturated carbocycles. The summed E-state index contributed by atoms with van der Waals surface area (Å²) in [4.78, 5) is 0. The second-order valence-corrected chi connectivity index (χ2v) is 19.7. The van der Waals surface area contributed by atoms with Gasteiger partial charge < -0.3 is 17.1 Å². The van der Waals surface area contributed by atoms with Crippen LogP contribution in [0.5, 0.6) is 0 Å². The molecule has 0 aromatic heterocycles. The van der Waals surface area contributed by atoms with E-state index in [2.05, 4.69) is 33.1 Å². The van der Waals surface area contributed by atoms with Crippen molar-refractivity contribution in [1.82, 2.24) is 0 Å². The van der Waals surface area contributed by atoms with E-state index in [-0.39, 0.29) is 0 Å². The highest BCUT2D eigenvalue weighted by Gasteiger charge is 2.45. The number of rotatable bonds is 6. The summed E-state index contributed by atoms with van der Waals surface area (Å²) in [5, 5.41) is 0. The first kappa shape index (κ1) is 20.8. The monoisotopic (exact) mass is 378 g/mol. The summed E-state index contributed by atoms with van der Waals surface area (Å²) in [6.07, 6.45) is 3.47. The minimum Gasteiger partial charge on any atom is -0.436 e. The maximum absolute atomic E-state index is 6.88. The lowest BCUT2D eigenvalue weighted by molar-refractivity contribution is 0.218. The molecular formula is C14H34O4Si4. The zero-order valence-corrected chi connectivity index (χ0v) is 19.3. The molecule has 8 heteroatoms. The summed E-state index contributed by atoms with van der Waals surface area (Å²) >= 11 is 0. The van der Waals surface area contributed by atoms with Crippen molar-refractivity contribution in [2.75, 3.05) is 13.7 Å². The molecule has 0 N–H and O–H groups in total. The van der Waals surface area contributed by atoms with Crippen LogP contribution in [-0.2, 0) is 17.1 Å². The maximum atomic E-state index is 6.88. The third-order valence-corrected chi connectivity index (χ3v) is 17.7. The van der Waals surface area contributed by atoms with Gasteiger partial charge in [0, 0.05) is 13.7 Å². The van der Waals surface area contributed by atoms with E-state index in [1.165, 1.54) is 18.5 Å². The number of hydrogen-bond acceptors (Lipinski definition) is 4. The zero-order chi connectivity index (χ0) is 16.7. The molecule has 4 nitrogen and oxygen atoms in total. The first-order chi connectivity index (χ1) is 10.2. The molecule has 2 atom stereocenters. The van der Waals surface area contributed by atoms with Gasteiger partial charge in [-0.3, -0.25) is 0 Å². The molecule has 0 bridgehead atoms. The molecule has 2 radical (unpaired) electrons. The predicted molar refractivity (Wildman–Crippen MR) is 100 cm³/mol. The first-order valence-corrected chi connectivity index (χ1v) is 17.8. The molecule has 0 aromatic rings. The van der Waals surface area contributed by atoms with Gasteiger partial charge in [-0.2, -0.15) is 0 Å². The Morgan fingerprint density at radius 3 is 2.41 bits per heavy atom. The Bertz CT molecular complexity index is 328. The number of hydrogen-bond donors (Lipinski definition) is 0. The summed E-state index contributed by atoms with van der Waals surface area (Å²) in [6.45, 7) is 12.1. The van der Waals surface area contributed by atoms with Crippen molar-refractivity contribution in [2.24, 2.45) is 0 Å². The van der Waals surface area contributed by atoms with Gasteiger partial charge in [0.25, 0.3) is 0 Å². The van der Waals surface area contributed by atoms with Crippen LogP contribution in [0.2, 0.25) is 50.4 Å². The third-order valence-electron chi connectivity index (χ3n) is 4.08. The van der Waals surface area contributed by atoms with Crippen molar-refractivity contribution in [2.45, 2.75) is 76.6 Å². The van der Waals surface area contributed by atoms with Gasteiger partial charge in [0.2, 0.25) is 9.76 Å². The highest BCUT2D eigenvalue weighted by Crippen LogP contribution is 2.32. The van der Waals surface area contributed by atoms with Crippen LogP contribution in [0.1, 0.15) is 26.2 Å². The Hall–Kier alpha value is 0.708. The summed E-state index contributed by atoms with van der Waals surface area (Å²) < 4.78 is 24.8. The van der Waals surface area contributed by atoms with Crippen molar-refractivity contribution in [3.8, 4) is 0 Å². The second-order valence-electron chi connectivity index (χ2n) is 7.09. The van der Waals surface area contributed by atoms with Crippen molar-refractivity contribution in [3.05, 3.63) is 0 Å². The van der Waals surface area contributed by atoms with Gasteiger partial charge in [0.05, 0.1) is 0 Å². The molecular weight excluding hydrogens is 344 g/mol. The Morgan fingerprint density at radius 2 is 1.77 bits per heavy atom. The normalized spacial score (nSPS) is 33.5. The molecule has 0 aliphatic carbocycles. The minimum absolute atomic E-state index is 0.598. The molecule has 1 saturated heterocycles. The first-order valence-electron chi connectivity index (χ1n) is 8.54. The van der Waals surface area contributed by atoms with Crippen LogP contribution in [-0.4, -0.2) is 48.9 Å². The van der Waals surface area contributed by atoms with E-state index >= 15 is 0 Å². The molecule has 1 heterocycles. The van der Waals surface area contributed by atoms with Crippen LogP contribution >= 0.6 is 0 Å². The summed E-state index contributed by atoms with van der Waals surface area (Å²) in [6, 6.07) is 4.62. The fourth-order valence-electron chi connectivity index (χ4n) is 3.21. The minimum atomic E-state index is -2.14. The molecule has 130 valence electrons. The van der Waals surface area contributed by atoms with Crippen LogP contribution < -0.4 is 0 Å². The van der Waals surface area contributed by atoms with Gasteiger partial charge in [-0.05, 0) is 56.8 Å². The van der Waals surface area contributed by atoms with Crippen molar-refractivity contribution >= 4 is 35.2 Å². The fraction of sp³-hybridized carbons (Fsp3) is 1.00. The molecule has 1 aliphatic heterocycles. The quantitative estimate of drug-likeness (QED) is 0.511. The molecule has 2 unspecified atom stereocenters. The van der Waals surface area contributed by atoms with E-state index in [0.29, 0.717) is 9.76 Å². The largest absolute Gasteiger partial charge is 0.436 e. The van der Waals surface area contributed by atoms with Crippen LogP contribution in [0.4, 0.5) is 0 Å². The van der Waals surface area contributed by atoms with Crippen LogP contribution in [0.15, 0.2) is 0 Å². The summed E-state index contributed by atoms with van der Waals surface area (Å²) in [5.41, 5.74) is 0. The van der Waals surface area contributed by atoms with Gasteiger partial charge in [-0.25, -0.2) is 0 Å². The Labute approximate surface area is 142 Å². The molecule has 22 heavy (non-hydrogen) atoms. The maximum Gasteiger partial charge on any atom is 0.322 e. The lowest BCUT2D eigenvalue weighted by Gasteiger charge is -2.42. The second kappa shape index (κ2) is 9.26. The smallest absolute Gasteiger partial charge is 0.322 e. The average molecular weight is 379 g/mol. The summed E-state index contributed by atoms with van der Waals surface area (Å²) in [7, 11) is -3.53. The topological polar surface area (TPSA) is 36.9 Å². The zero-order valence-electron chi connectivity index (χ0n) is 15.3. The van der Waals surface area contributed by atoms with Gasteiger partial charge >= 0.3 is 17.1 Å². The lowest BCUT2D eigenvalue weighted by atomic mass is 10.4. The standard InChI is InChI=1S/C14H34O4Si4/c1-7-12-22(6)17-20(3,4)16-10-8-9-13-21(5,18-22)14-11-19-15-2/h7-14H2,1-6H3. The average Bonchev–Trinajstić information content (AvgIpc) is 2.36. The molecule has 1 aliphatic rings. The van der Waals surface area contributed by atoms with Gasteiger partial charge in [0.15, 0.2) is 8.32 Å². The fourth-order valence-corrected chi connectivity index (χ4v) is 19.5. The Balaban J connectivity index is 2.87. The molecule has 1 fully saturated rings. The summed E-state index contributed by atoms with van der Waals surface area (Å²) in [5.74, 6) is 0. The van der Waals surface area contributed by atoms with Crippen molar-refractivity contribution < 1.29 is 17.1 Å². The van der Waals surface area contributed by atoms with Crippen LogP contribution in [0.3, 0.4) is 0 Å². The van der Waals surface area contributed by atoms with Gasteiger partial charge in [0.1, 0.15) is 0 Å². The van der Waals surface area contributed by atoms with E-state index in [4.69, 9.17) is 17.1 Å². The van der Waals surface area contributed by atoms with E-state index < -0.39 is 25.4 Å². The highest BCUT2D eigenvalue weighted by atomic mass is 28.5. The Kier molecular flexibility index (Phi) is 8.73. The highest BCUT2D eigenvalue weighted by molar-refractivity contribution is 6.87. The molecule has 1 rings (SSSR count). The van der Waals surface area contributed by atoms with Crippen molar-refractivity contribution in [1.29, 1.82) is 0 Å². The molecule has 0 spiro atoms. The SMILES string of the molecule is CCC[Si]1(C)O[Si](C)(CC[Si]OC)CCCCO[Si](C)(C)O1. The Morgan fingerprint density at radius 1 is 1.05 bits per heavy atom. The van der Waals surface area contributed by atoms with E-state index in [1.807, 2.05) is 0 Å². The van der Waals surface area contributed by atoms with Gasteiger partial charge in [-0.15, -0.1) is 0 Å². The third kappa shape index (κ3) is 7.52. The molecule has 0 amide bonds. The van der Waals surface area contributed by atoms with E-state index in [9.17, 15) is 0 Å². The van der Waals surface area contributed by atoms with Crippen LogP contribution in [0.25, 0.3) is 0 Å². The van der Waals surface area contributed by atoms with E-state index in [0.717, 1.165) is 31.5 Å². The van der Waals surface area contributed by atoms with Gasteiger partial charge in [-0.1, -0.05) is 19.8 Å². The van der Waals surface area contributed by atoms with Crippen LogP contribution in [0, 0.1) is 0 Å². The predicted octanol–water partition coefficient (Wildman–Crippen LogP) is 4.27. The lowest BCUT2D eigenvalue weighted by Crippen LogP contribution is -2.56. The van der Waals surface area contributed by atoms with Crippen molar-refractivity contribution in [3.63, 3.8) is 0 Å².